The lowest BCUT2D eigenvalue weighted by Gasteiger charge is -1.99. The second kappa shape index (κ2) is 3.13. The van der Waals surface area contributed by atoms with Crippen LogP contribution in [-0.4, -0.2) is 9.55 Å². The predicted molar refractivity (Wildman–Crippen MR) is 62.8 cm³/mol. The molecule has 0 saturated carbocycles. The van der Waals surface area contributed by atoms with Gasteiger partial charge in [-0.1, -0.05) is 18.2 Å². The van der Waals surface area contributed by atoms with E-state index in [1.807, 2.05) is 19.2 Å². The molecule has 4 nitrogen and oxygen atoms in total. The van der Waals surface area contributed by atoms with Gasteiger partial charge in [-0.15, -0.1) is 0 Å². The Morgan fingerprint density at radius 3 is 2.81 bits per heavy atom. The molecular formula is C12H11N3O. The van der Waals surface area contributed by atoms with E-state index in [4.69, 9.17) is 10.2 Å². The molecule has 3 rings (SSSR count). The van der Waals surface area contributed by atoms with Crippen LogP contribution in [0.2, 0.25) is 0 Å². The third-order valence-corrected chi connectivity index (χ3v) is 2.74. The fraction of sp³-hybridized carbons (Fsp3) is 0.0833. The van der Waals surface area contributed by atoms with Crippen molar-refractivity contribution < 1.29 is 4.42 Å². The number of fused-ring (bicyclic) bond motifs is 1. The normalized spacial score (nSPS) is 11.1. The number of aromatic nitrogens is 2. The number of oxazole rings is 1. The molecule has 16 heavy (non-hydrogen) atoms. The maximum absolute atomic E-state index is 5.47. The molecule has 0 saturated heterocycles. The molecule has 0 fully saturated rings. The van der Waals surface area contributed by atoms with E-state index in [0.29, 0.717) is 0 Å². The topological polar surface area (TPSA) is 57.0 Å². The van der Waals surface area contributed by atoms with Gasteiger partial charge >= 0.3 is 0 Å². The van der Waals surface area contributed by atoms with Gasteiger partial charge in [-0.3, -0.25) is 0 Å². The van der Waals surface area contributed by atoms with Crippen molar-refractivity contribution in [1.82, 2.24) is 9.55 Å². The molecule has 0 bridgehead atoms. The molecule has 0 aliphatic carbocycles. The first-order valence-electron chi connectivity index (χ1n) is 5.01. The molecule has 2 N–H and O–H groups in total. The third kappa shape index (κ3) is 1.20. The fourth-order valence-corrected chi connectivity index (χ4v) is 1.94. The summed E-state index contributed by atoms with van der Waals surface area (Å²) in [4.78, 5) is 4.13. The maximum atomic E-state index is 5.47. The minimum absolute atomic E-state index is 0.195. The van der Waals surface area contributed by atoms with Crippen LogP contribution in [0.5, 0.6) is 0 Å². The Morgan fingerprint density at radius 1 is 1.31 bits per heavy atom. The Balaban J connectivity index is 2.28. The highest BCUT2D eigenvalue weighted by molar-refractivity contribution is 5.86. The van der Waals surface area contributed by atoms with Crippen LogP contribution in [0.1, 0.15) is 0 Å². The molecule has 0 aliphatic rings. The number of hydrogen-bond acceptors (Lipinski definition) is 3. The van der Waals surface area contributed by atoms with Gasteiger partial charge in [0.25, 0.3) is 6.01 Å². The summed E-state index contributed by atoms with van der Waals surface area (Å²) in [6, 6.07) is 10.4. The molecule has 0 unspecified atom stereocenters. The van der Waals surface area contributed by atoms with Gasteiger partial charge < -0.3 is 14.7 Å². The van der Waals surface area contributed by atoms with Crippen LogP contribution >= 0.6 is 0 Å². The first-order chi connectivity index (χ1) is 7.75. The number of nitrogens with zero attached hydrogens (tertiary/aromatic N) is 2. The highest BCUT2D eigenvalue weighted by atomic mass is 16.4. The van der Waals surface area contributed by atoms with Crippen molar-refractivity contribution in [3.05, 3.63) is 36.6 Å². The highest BCUT2D eigenvalue weighted by Crippen LogP contribution is 2.26. The summed E-state index contributed by atoms with van der Waals surface area (Å²) in [5.74, 6) is 0. The van der Waals surface area contributed by atoms with E-state index < -0.39 is 0 Å². The van der Waals surface area contributed by atoms with E-state index in [0.717, 1.165) is 11.4 Å². The van der Waals surface area contributed by atoms with Crippen LogP contribution < -0.4 is 5.73 Å². The van der Waals surface area contributed by atoms with Gasteiger partial charge in [-0.05, 0) is 12.1 Å². The van der Waals surface area contributed by atoms with Crippen molar-refractivity contribution in [2.75, 3.05) is 5.73 Å². The van der Waals surface area contributed by atoms with E-state index in [1.165, 1.54) is 10.9 Å². The first-order valence-corrected chi connectivity index (χ1v) is 5.01. The van der Waals surface area contributed by atoms with Gasteiger partial charge in [0.2, 0.25) is 0 Å². The number of nitrogen functional groups attached to an aromatic ring is 1. The summed E-state index contributed by atoms with van der Waals surface area (Å²) in [6.45, 7) is 0. The van der Waals surface area contributed by atoms with Crippen LogP contribution in [0, 0.1) is 0 Å². The summed E-state index contributed by atoms with van der Waals surface area (Å²) in [5, 5.41) is 1.18. The lowest BCUT2D eigenvalue weighted by Crippen LogP contribution is -1.91. The maximum Gasteiger partial charge on any atom is 0.292 e. The highest BCUT2D eigenvalue weighted by Gasteiger charge is 2.10. The Labute approximate surface area is 92.3 Å². The van der Waals surface area contributed by atoms with E-state index in [1.54, 1.807) is 6.26 Å². The SMILES string of the molecule is Cn1c(-c2coc(N)n2)cc2ccccc21. The van der Waals surface area contributed by atoms with E-state index in [2.05, 4.69) is 27.8 Å². The minimum atomic E-state index is 0.195. The number of para-hydroxylation sites is 1. The molecule has 1 aromatic carbocycles. The van der Waals surface area contributed by atoms with Crippen molar-refractivity contribution in [3.8, 4) is 11.4 Å². The number of rotatable bonds is 1. The second-order valence-electron chi connectivity index (χ2n) is 3.72. The van der Waals surface area contributed by atoms with Gasteiger partial charge in [0.15, 0.2) is 0 Å². The third-order valence-electron chi connectivity index (χ3n) is 2.74. The molecule has 3 aromatic rings. The largest absolute Gasteiger partial charge is 0.432 e. The average Bonchev–Trinajstić information content (AvgIpc) is 2.84. The Bertz CT molecular complexity index is 651. The molecular weight excluding hydrogens is 202 g/mol. The van der Waals surface area contributed by atoms with Crippen LogP contribution in [0.25, 0.3) is 22.3 Å². The number of nitrogens with two attached hydrogens (primary N) is 1. The second-order valence-corrected chi connectivity index (χ2v) is 3.72. The summed E-state index contributed by atoms with van der Waals surface area (Å²) in [6.07, 6.45) is 1.57. The van der Waals surface area contributed by atoms with Crippen molar-refractivity contribution in [2.45, 2.75) is 0 Å². The van der Waals surface area contributed by atoms with Crippen LogP contribution in [-0.2, 0) is 7.05 Å². The van der Waals surface area contributed by atoms with Crippen molar-refractivity contribution in [1.29, 1.82) is 0 Å². The van der Waals surface area contributed by atoms with E-state index in [9.17, 15) is 0 Å². The summed E-state index contributed by atoms with van der Waals surface area (Å²) in [5.41, 5.74) is 8.40. The van der Waals surface area contributed by atoms with Crippen LogP contribution in [0.4, 0.5) is 6.01 Å². The zero-order valence-electron chi connectivity index (χ0n) is 8.84. The standard InChI is InChI=1S/C12H11N3O/c1-15-10-5-3-2-4-8(10)6-11(15)9-7-16-12(13)14-9/h2-7H,1H3,(H2,13,14). The lowest BCUT2D eigenvalue weighted by atomic mass is 10.2. The molecule has 0 aliphatic heterocycles. The molecule has 2 aromatic heterocycles. The summed E-state index contributed by atoms with van der Waals surface area (Å²) >= 11 is 0. The first kappa shape index (κ1) is 9.03. The Morgan fingerprint density at radius 2 is 2.12 bits per heavy atom. The number of anilines is 1. The van der Waals surface area contributed by atoms with E-state index >= 15 is 0 Å². The summed E-state index contributed by atoms with van der Waals surface area (Å²) in [7, 11) is 2.00. The average molecular weight is 213 g/mol. The van der Waals surface area contributed by atoms with E-state index in [-0.39, 0.29) is 6.01 Å². The summed E-state index contributed by atoms with van der Waals surface area (Å²) < 4.78 is 7.10. The molecule has 0 spiro atoms. The number of hydrogen-bond donors (Lipinski definition) is 1. The monoisotopic (exact) mass is 213 g/mol. The predicted octanol–water partition coefficient (Wildman–Crippen LogP) is 2.42. The van der Waals surface area contributed by atoms with Crippen molar-refractivity contribution in [2.24, 2.45) is 7.05 Å². The Kier molecular flexibility index (Phi) is 1.77. The molecule has 0 amide bonds. The fourth-order valence-electron chi connectivity index (χ4n) is 1.94. The van der Waals surface area contributed by atoms with Crippen LogP contribution in [0.3, 0.4) is 0 Å². The molecule has 0 radical (unpaired) electrons. The molecule has 2 heterocycles. The molecule has 4 heteroatoms. The van der Waals surface area contributed by atoms with Gasteiger partial charge in [-0.25, -0.2) is 0 Å². The van der Waals surface area contributed by atoms with Crippen LogP contribution in [0.15, 0.2) is 41.0 Å². The van der Waals surface area contributed by atoms with Gasteiger partial charge in [0.1, 0.15) is 12.0 Å². The zero-order chi connectivity index (χ0) is 11.1. The molecule has 0 atom stereocenters. The quantitative estimate of drug-likeness (QED) is 0.675. The number of benzene rings is 1. The minimum Gasteiger partial charge on any atom is -0.432 e. The van der Waals surface area contributed by atoms with Gasteiger partial charge in [-0.2, -0.15) is 4.98 Å². The number of aryl methyl sites for hydroxylation is 1. The smallest absolute Gasteiger partial charge is 0.292 e. The Hall–Kier alpha value is -2.23. The van der Waals surface area contributed by atoms with Gasteiger partial charge in [0, 0.05) is 18.0 Å². The van der Waals surface area contributed by atoms with Gasteiger partial charge in [0.05, 0.1) is 5.69 Å². The zero-order valence-corrected chi connectivity index (χ0v) is 8.84. The van der Waals surface area contributed by atoms with Crippen molar-refractivity contribution in [3.63, 3.8) is 0 Å². The van der Waals surface area contributed by atoms with Crippen molar-refractivity contribution >= 4 is 16.9 Å². The molecule has 80 valence electrons. The lowest BCUT2D eigenvalue weighted by molar-refractivity contribution is 0.581.